The highest BCUT2D eigenvalue weighted by Gasteiger charge is 2.08. The van der Waals surface area contributed by atoms with Crippen molar-refractivity contribution < 1.29 is 57.8 Å². The van der Waals surface area contributed by atoms with E-state index in [4.69, 9.17) is 17.5 Å². The van der Waals surface area contributed by atoms with E-state index in [2.05, 4.69) is 99.1 Å². The SMILES string of the molecule is C=C(C)C(=O)NCCC[N+](C)(C)C.C=C(C)C(=O)NCCC[N+](C)(C)C.C=C(C)C(=O)NCCC[N+](C)(C)C.O=S(=O)([O-])[O-].[Cl-]. The average Bonchev–Trinajstić information content (AvgIpc) is 2.79. The summed E-state index contributed by atoms with van der Waals surface area (Å²) in [6.45, 7) is 21.3. The average molecular weight is 687 g/mol. The molecular formula is C30H63ClN6O7S. The van der Waals surface area contributed by atoms with Gasteiger partial charge in [0.25, 0.3) is 0 Å². The van der Waals surface area contributed by atoms with Gasteiger partial charge in [-0.2, -0.15) is 0 Å². The maximum absolute atomic E-state index is 11.1. The van der Waals surface area contributed by atoms with Crippen LogP contribution in [0.5, 0.6) is 0 Å². The van der Waals surface area contributed by atoms with Crippen LogP contribution in [0.15, 0.2) is 36.5 Å². The van der Waals surface area contributed by atoms with Gasteiger partial charge in [-0.3, -0.25) is 22.8 Å². The summed E-state index contributed by atoms with van der Waals surface area (Å²) in [7, 11) is 14.1. The van der Waals surface area contributed by atoms with Crippen LogP contribution in [0.4, 0.5) is 0 Å². The van der Waals surface area contributed by atoms with Crippen LogP contribution in [0.1, 0.15) is 40.0 Å². The zero-order valence-corrected chi connectivity index (χ0v) is 31.5. The highest BCUT2D eigenvalue weighted by molar-refractivity contribution is 7.79. The molecule has 0 radical (unpaired) electrons. The topological polar surface area (TPSA) is 168 Å². The van der Waals surface area contributed by atoms with Gasteiger partial charge in [0.1, 0.15) is 0 Å². The van der Waals surface area contributed by atoms with E-state index in [1.807, 2.05) is 0 Å². The molecule has 3 amide bonds. The number of carbonyl (C=O) groups is 3. The molecule has 13 nitrogen and oxygen atoms in total. The highest BCUT2D eigenvalue weighted by Crippen LogP contribution is 1.95. The van der Waals surface area contributed by atoms with Gasteiger partial charge in [0.05, 0.1) is 83.1 Å². The van der Waals surface area contributed by atoms with Crippen molar-refractivity contribution in [2.45, 2.75) is 40.0 Å². The molecule has 0 saturated carbocycles. The van der Waals surface area contributed by atoms with E-state index in [1.54, 1.807) is 20.8 Å². The van der Waals surface area contributed by atoms with Gasteiger partial charge < -0.3 is 50.9 Å². The third kappa shape index (κ3) is 57.8. The molecule has 0 saturated heterocycles. The molecule has 0 aromatic carbocycles. The van der Waals surface area contributed by atoms with Crippen LogP contribution >= 0.6 is 0 Å². The van der Waals surface area contributed by atoms with Crippen LogP contribution in [0, 0.1) is 0 Å². The Balaban J connectivity index is -0.000000163. The maximum Gasteiger partial charge on any atom is 0.246 e. The lowest BCUT2D eigenvalue weighted by atomic mass is 10.3. The molecule has 0 rings (SSSR count). The Hall–Kier alpha value is -2.33. The maximum atomic E-state index is 11.1. The van der Waals surface area contributed by atoms with Crippen LogP contribution in [-0.2, 0) is 24.8 Å². The van der Waals surface area contributed by atoms with Crippen LogP contribution < -0.4 is 28.4 Å². The lowest BCUT2D eigenvalue weighted by molar-refractivity contribution is -0.870. The Morgan fingerprint density at radius 2 is 0.689 bits per heavy atom. The second kappa shape index (κ2) is 25.8. The van der Waals surface area contributed by atoms with Crippen molar-refractivity contribution in [2.75, 3.05) is 103 Å². The molecule has 0 heterocycles. The smallest absolute Gasteiger partial charge is 0.246 e. The van der Waals surface area contributed by atoms with E-state index in [1.165, 1.54) is 0 Å². The van der Waals surface area contributed by atoms with Gasteiger partial charge in [-0.25, -0.2) is 0 Å². The zero-order valence-electron chi connectivity index (χ0n) is 30.0. The predicted molar refractivity (Wildman–Crippen MR) is 176 cm³/mol. The minimum Gasteiger partial charge on any atom is -1.00 e. The molecule has 268 valence electrons. The fraction of sp³-hybridized carbons (Fsp3) is 0.700. The molecule has 3 N–H and O–H groups in total. The largest absolute Gasteiger partial charge is 1.00 e. The van der Waals surface area contributed by atoms with Gasteiger partial charge in [0.2, 0.25) is 17.7 Å². The zero-order chi connectivity index (χ0) is 35.9. The first-order chi connectivity index (χ1) is 19.5. The molecule has 0 aliphatic heterocycles. The molecule has 0 unspecified atom stereocenters. The van der Waals surface area contributed by atoms with Crippen molar-refractivity contribution in [1.82, 2.24) is 16.0 Å². The second-order valence-electron chi connectivity index (χ2n) is 13.6. The van der Waals surface area contributed by atoms with Crippen LogP contribution in [-0.4, -0.2) is 151 Å². The third-order valence-electron chi connectivity index (χ3n) is 5.04. The predicted octanol–water partition coefficient (Wildman–Crippen LogP) is -2.01. The molecule has 0 bridgehead atoms. The van der Waals surface area contributed by atoms with Crippen LogP contribution in [0.2, 0.25) is 0 Å². The number of nitrogens with one attached hydrogen (secondary N) is 3. The molecule has 0 aliphatic carbocycles. The van der Waals surface area contributed by atoms with Crippen molar-refractivity contribution in [3.63, 3.8) is 0 Å². The van der Waals surface area contributed by atoms with E-state index in [9.17, 15) is 14.4 Å². The Kier molecular flexibility index (Phi) is 30.0. The fourth-order valence-corrected chi connectivity index (χ4v) is 2.72. The van der Waals surface area contributed by atoms with Gasteiger partial charge >= 0.3 is 0 Å². The number of halogens is 1. The number of nitrogens with zero attached hydrogens (tertiary/aromatic N) is 3. The molecule has 0 fully saturated rings. The minimum absolute atomic E-state index is 0. The van der Waals surface area contributed by atoms with Crippen LogP contribution in [0.25, 0.3) is 0 Å². The lowest BCUT2D eigenvalue weighted by Crippen LogP contribution is -3.00. The van der Waals surface area contributed by atoms with Crippen molar-refractivity contribution in [2.24, 2.45) is 0 Å². The van der Waals surface area contributed by atoms with Gasteiger partial charge in [-0.1, -0.05) is 19.7 Å². The molecule has 0 aromatic rings. The summed E-state index contributed by atoms with van der Waals surface area (Å²) in [5.41, 5.74) is 1.72. The monoisotopic (exact) mass is 686 g/mol. The minimum atomic E-state index is -5.17. The standard InChI is InChI=1S/3C10H20N2O.ClH.H2O4S/c3*1-9(2)10(13)11-7-6-8-12(3,4)5;;1-5(2,3)4/h3*1,6-8H2,2-5H3;1H;(H2,1,2,3,4). The second-order valence-corrected chi connectivity index (χ2v) is 14.4. The Morgan fingerprint density at radius 3 is 0.800 bits per heavy atom. The number of hydrogen-bond acceptors (Lipinski definition) is 7. The number of amides is 3. The van der Waals surface area contributed by atoms with E-state index in [0.717, 1.165) is 72.0 Å². The number of carbonyl (C=O) groups excluding carboxylic acids is 3. The summed E-state index contributed by atoms with van der Waals surface area (Å²) in [6, 6.07) is 0. The molecule has 0 aliphatic rings. The molecule has 0 aromatic heterocycles. The van der Waals surface area contributed by atoms with Crippen molar-refractivity contribution >= 4 is 28.1 Å². The van der Waals surface area contributed by atoms with E-state index >= 15 is 0 Å². The first kappa shape index (κ1) is 52.2. The molecule has 45 heavy (non-hydrogen) atoms. The van der Waals surface area contributed by atoms with E-state index < -0.39 is 10.4 Å². The Morgan fingerprint density at radius 1 is 0.533 bits per heavy atom. The molecular weight excluding hydrogens is 624 g/mol. The van der Waals surface area contributed by atoms with Gasteiger partial charge in [-0.15, -0.1) is 0 Å². The first-order valence-corrected chi connectivity index (χ1v) is 15.7. The van der Waals surface area contributed by atoms with Gasteiger partial charge in [0.15, 0.2) is 0 Å². The van der Waals surface area contributed by atoms with Crippen molar-refractivity contribution in [3.05, 3.63) is 36.5 Å². The fourth-order valence-electron chi connectivity index (χ4n) is 2.72. The lowest BCUT2D eigenvalue weighted by Gasteiger charge is -2.23. The van der Waals surface area contributed by atoms with Gasteiger partial charge in [-0.05, 0) is 20.8 Å². The van der Waals surface area contributed by atoms with E-state index in [0.29, 0.717) is 16.7 Å². The Bertz CT molecular complexity index is 901. The number of rotatable bonds is 15. The highest BCUT2D eigenvalue weighted by atomic mass is 35.5. The summed E-state index contributed by atoms with van der Waals surface area (Å²) >= 11 is 0. The van der Waals surface area contributed by atoms with E-state index in [-0.39, 0.29) is 30.1 Å². The molecule has 15 heteroatoms. The summed E-state index contributed by atoms with van der Waals surface area (Å²) < 4.78 is 36.9. The van der Waals surface area contributed by atoms with Crippen LogP contribution in [0.3, 0.4) is 0 Å². The quantitative estimate of drug-likeness (QED) is 0.0589. The van der Waals surface area contributed by atoms with Crippen molar-refractivity contribution in [1.29, 1.82) is 0 Å². The summed E-state index contributed by atoms with van der Waals surface area (Å²) in [5.74, 6) is -0.121. The first-order valence-electron chi connectivity index (χ1n) is 14.4. The Labute approximate surface area is 280 Å². The summed E-state index contributed by atoms with van der Waals surface area (Å²) in [6.07, 6.45) is 3.01. The molecule has 0 atom stereocenters. The normalized spacial score (nSPS) is 10.9. The summed E-state index contributed by atoms with van der Waals surface area (Å²) in [5, 5.41) is 8.42. The van der Waals surface area contributed by atoms with Gasteiger partial charge in [0, 0.05) is 66.0 Å². The van der Waals surface area contributed by atoms with Crippen molar-refractivity contribution in [3.8, 4) is 0 Å². The third-order valence-corrected chi connectivity index (χ3v) is 5.04. The number of hydrogen-bond donors (Lipinski definition) is 3. The summed E-state index contributed by atoms with van der Waals surface area (Å²) in [4.78, 5) is 33.2. The molecule has 0 spiro atoms. The number of quaternary nitrogens is 3.